The minimum atomic E-state index is 0.154. The quantitative estimate of drug-likeness (QED) is 0.477. The lowest BCUT2D eigenvalue weighted by Crippen LogP contribution is -2.29. The highest BCUT2D eigenvalue weighted by molar-refractivity contribution is 5.73. The first-order chi connectivity index (χ1) is 7.61. The molecule has 0 radical (unpaired) electrons. The first-order valence-corrected chi connectivity index (χ1v) is 6.17. The molecule has 0 aromatic heterocycles. The van der Waals surface area contributed by atoms with Crippen LogP contribution in [-0.4, -0.2) is 23.9 Å². The third kappa shape index (κ3) is 7.27. The highest BCUT2D eigenvalue weighted by Gasteiger charge is 2.05. The fraction of sp³-hybridized carbons (Fsp3) is 0.643. The van der Waals surface area contributed by atoms with Crippen molar-refractivity contribution in [3.8, 4) is 0 Å². The van der Waals surface area contributed by atoms with Crippen LogP contribution >= 0.6 is 0 Å². The second-order valence-corrected chi connectivity index (χ2v) is 4.04. The summed E-state index contributed by atoms with van der Waals surface area (Å²) < 4.78 is 0. The van der Waals surface area contributed by atoms with Crippen molar-refractivity contribution in [2.45, 2.75) is 47.0 Å². The zero-order valence-corrected chi connectivity index (χ0v) is 11.1. The van der Waals surface area contributed by atoms with Gasteiger partial charge in [0.1, 0.15) is 0 Å². The van der Waals surface area contributed by atoms with E-state index in [-0.39, 0.29) is 5.91 Å². The van der Waals surface area contributed by atoms with Crippen molar-refractivity contribution in [1.29, 1.82) is 0 Å². The normalized spacial score (nSPS) is 12.1. The molecule has 2 heteroatoms. The molecule has 0 aromatic rings. The van der Waals surface area contributed by atoms with E-state index in [1.807, 2.05) is 11.8 Å². The summed E-state index contributed by atoms with van der Waals surface area (Å²) in [6.07, 6.45) is 9.90. The number of rotatable bonds is 7. The maximum atomic E-state index is 11.2. The molecule has 0 aromatic carbocycles. The van der Waals surface area contributed by atoms with Crippen molar-refractivity contribution in [2.75, 3.05) is 13.1 Å². The average molecular weight is 223 g/mol. The molecule has 0 bridgehead atoms. The van der Waals surface area contributed by atoms with Crippen molar-refractivity contribution in [1.82, 2.24) is 4.90 Å². The van der Waals surface area contributed by atoms with Crippen LogP contribution in [0.5, 0.6) is 0 Å². The van der Waals surface area contributed by atoms with E-state index in [1.54, 1.807) is 6.92 Å². The molecular formula is C14H25NO. The second-order valence-electron chi connectivity index (χ2n) is 4.04. The maximum absolute atomic E-state index is 11.2. The minimum absolute atomic E-state index is 0.154. The Hall–Kier alpha value is -1.05. The molecule has 16 heavy (non-hydrogen) atoms. The molecule has 0 spiro atoms. The summed E-state index contributed by atoms with van der Waals surface area (Å²) in [5, 5.41) is 0. The van der Waals surface area contributed by atoms with E-state index in [0.29, 0.717) is 0 Å². The standard InChI is InChI=1S/C14H25NO/c1-5-7-8-9-10-11-13(3)12-15(6-2)14(4)16/h7-8,11H,5-6,9-10,12H2,1-4H3. The van der Waals surface area contributed by atoms with Crippen molar-refractivity contribution >= 4 is 5.91 Å². The van der Waals surface area contributed by atoms with Crippen LogP contribution in [0.1, 0.15) is 47.0 Å². The fourth-order valence-corrected chi connectivity index (χ4v) is 1.52. The Labute approximate surface area is 100 Å². The van der Waals surface area contributed by atoms with E-state index in [9.17, 15) is 4.79 Å². The Morgan fingerprint density at radius 3 is 2.31 bits per heavy atom. The molecule has 0 heterocycles. The third-order valence-electron chi connectivity index (χ3n) is 2.50. The van der Waals surface area contributed by atoms with Gasteiger partial charge >= 0.3 is 0 Å². The second kappa shape index (κ2) is 9.20. The van der Waals surface area contributed by atoms with E-state index in [0.717, 1.165) is 32.4 Å². The van der Waals surface area contributed by atoms with Crippen LogP contribution in [0.15, 0.2) is 23.8 Å². The molecule has 1 amide bonds. The van der Waals surface area contributed by atoms with Crippen LogP contribution < -0.4 is 0 Å². The van der Waals surface area contributed by atoms with Gasteiger partial charge in [0.25, 0.3) is 0 Å². The Bertz CT molecular complexity index is 253. The van der Waals surface area contributed by atoms with Gasteiger partial charge in [0, 0.05) is 20.0 Å². The van der Waals surface area contributed by atoms with Crippen LogP contribution in [0.3, 0.4) is 0 Å². The molecule has 0 saturated carbocycles. The number of carbonyl (C=O) groups excluding carboxylic acids is 1. The van der Waals surface area contributed by atoms with Crippen molar-refractivity contribution in [2.24, 2.45) is 0 Å². The number of carbonyl (C=O) groups is 1. The monoisotopic (exact) mass is 223 g/mol. The predicted octanol–water partition coefficient (Wildman–Crippen LogP) is 3.55. The van der Waals surface area contributed by atoms with Crippen molar-refractivity contribution in [3.05, 3.63) is 23.8 Å². The van der Waals surface area contributed by atoms with Crippen LogP contribution in [0.2, 0.25) is 0 Å². The van der Waals surface area contributed by atoms with Gasteiger partial charge in [0.05, 0.1) is 0 Å². The lowest BCUT2D eigenvalue weighted by atomic mass is 10.2. The highest BCUT2D eigenvalue weighted by atomic mass is 16.2. The Balaban J connectivity index is 3.94. The fourth-order valence-electron chi connectivity index (χ4n) is 1.52. The molecule has 0 rings (SSSR count). The van der Waals surface area contributed by atoms with Crippen molar-refractivity contribution < 1.29 is 4.79 Å². The molecule has 0 N–H and O–H groups in total. The number of hydrogen-bond acceptors (Lipinski definition) is 1. The number of unbranched alkanes of at least 4 members (excludes halogenated alkanes) is 1. The summed E-state index contributed by atoms with van der Waals surface area (Å²) in [4.78, 5) is 13.1. The zero-order valence-electron chi connectivity index (χ0n) is 11.1. The van der Waals surface area contributed by atoms with Crippen molar-refractivity contribution in [3.63, 3.8) is 0 Å². The molecule has 2 nitrogen and oxygen atoms in total. The molecule has 0 aliphatic carbocycles. The van der Waals surface area contributed by atoms with E-state index >= 15 is 0 Å². The average Bonchev–Trinajstić information content (AvgIpc) is 2.25. The van der Waals surface area contributed by atoms with Crippen LogP contribution in [0.4, 0.5) is 0 Å². The smallest absolute Gasteiger partial charge is 0.219 e. The highest BCUT2D eigenvalue weighted by Crippen LogP contribution is 2.03. The van der Waals surface area contributed by atoms with E-state index in [2.05, 4.69) is 32.1 Å². The van der Waals surface area contributed by atoms with Gasteiger partial charge in [-0.1, -0.05) is 30.7 Å². The summed E-state index contributed by atoms with van der Waals surface area (Å²) in [7, 11) is 0. The van der Waals surface area contributed by atoms with Gasteiger partial charge in [-0.05, 0) is 33.1 Å². The van der Waals surface area contributed by atoms with Gasteiger partial charge in [-0.15, -0.1) is 0 Å². The summed E-state index contributed by atoms with van der Waals surface area (Å²) in [5.74, 6) is 0.154. The van der Waals surface area contributed by atoms with Crippen LogP contribution in [-0.2, 0) is 4.79 Å². The molecule has 0 unspecified atom stereocenters. The number of likely N-dealkylation sites (N-methyl/N-ethyl adjacent to an activating group) is 1. The van der Waals surface area contributed by atoms with E-state index in [4.69, 9.17) is 0 Å². The summed E-state index contributed by atoms with van der Waals surface area (Å²) in [6.45, 7) is 9.43. The lowest BCUT2D eigenvalue weighted by Gasteiger charge is -2.19. The number of hydrogen-bond donors (Lipinski definition) is 0. The molecule has 92 valence electrons. The molecule has 0 atom stereocenters. The number of amides is 1. The minimum Gasteiger partial charge on any atom is -0.339 e. The maximum Gasteiger partial charge on any atom is 0.219 e. The van der Waals surface area contributed by atoms with E-state index < -0.39 is 0 Å². The van der Waals surface area contributed by atoms with Gasteiger partial charge in [-0.3, -0.25) is 4.79 Å². The summed E-state index contributed by atoms with van der Waals surface area (Å²) >= 11 is 0. The van der Waals surface area contributed by atoms with Gasteiger partial charge in [0.15, 0.2) is 0 Å². The summed E-state index contributed by atoms with van der Waals surface area (Å²) in [6, 6.07) is 0. The SMILES string of the molecule is CCC=CCCC=C(C)CN(CC)C(C)=O. The van der Waals surface area contributed by atoms with Gasteiger partial charge < -0.3 is 4.90 Å². The topological polar surface area (TPSA) is 20.3 Å². The van der Waals surface area contributed by atoms with E-state index in [1.165, 1.54) is 5.57 Å². The molecule has 0 fully saturated rings. The Morgan fingerprint density at radius 1 is 1.12 bits per heavy atom. The number of nitrogens with zero attached hydrogens (tertiary/aromatic N) is 1. The Morgan fingerprint density at radius 2 is 1.81 bits per heavy atom. The summed E-state index contributed by atoms with van der Waals surface area (Å²) in [5.41, 5.74) is 1.28. The van der Waals surface area contributed by atoms with Crippen LogP contribution in [0, 0.1) is 0 Å². The molecule has 0 aliphatic rings. The first kappa shape index (κ1) is 14.9. The Kier molecular flexibility index (Phi) is 8.59. The lowest BCUT2D eigenvalue weighted by molar-refractivity contribution is -0.128. The van der Waals surface area contributed by atoms with Gasteiger partial charge in [0.2, 0.25) is 5.91 Å². The molecule has 0 saturated heterocycles. The predicted molar refractivity (Wildman–Crippen MR) is 70.4 cm³/mol. The number of allylic oxidation sites excluding steroid dienone is 3. The first-order valence-electron chi connectivity index (χ1n) is 6.17. The van der Waals surface area contributed by atoms with Gasteiger partial charge in [-0.2, -0.15) is 0 Å². The molecule has 0 aliphatic heterocycles. The third-order valence-corrected chi connectivity index (χ3v) is 2.50. The largest absolute Gasteiger partial charge is 0.339 e. The zero-order chi connectivity index (χ0) is 12.4. The van der Waals surface area contributed by atoms with Gasteiger partial charge in [-0.25, -0.2) is 0 Å². The molecular weight excluding hydrogens is 198 g/mol. The van der Waals surface area contributed by atoms with Crippen LogP contribution in [0.25, 0.3) is 0 Å².